The molecule has 0 amide bonds. The van der Waals surface area contributed by atoms with Gasteiger partial charge in [-0.3, -0.25) is 4.79 Å². The van der Waals surface area contributed by atoms with Crippen LogP contribution < -0.4 is 10.2 Å². The summed E-state index contributed by atoms with van der Waals surface area (Å²) in [5.41, 5.74) is -0.673. The first-order valence-electron chi connectivity index (χ1n) is 8.07. The molecule has 3 rings (SSSR count). The Bertz CT molecular complexity index is 1110. The number of rotatable bonds is 5. The summed E-state index contributed by atoms with van der Waals surface area (Å²) in [6.45, 7) is 2.03. The van der Waals surface area contributed by atoms with E-state index in [0.29, 0.717) is 5.56 Å². The lowest BCUT2D eigenvalue weighted by molar-refractivity contribution is 0.0695. The molecule has 6 nitrogen and oxygen atoms in total. The lowest BCUT2D eigenvalue weighted by Crippen LogP contribution is -2.21. The van der Waals surface area contributed by atoms with E-state index >= 15 is 0 Å². The summed E-state index contributed by atoms with van der Waals surface area (Å²) < 4.78 is 20.2. The van der Waals surface area contributed by atoms with E-state index in [0.717, 1.165) is 18.3 Å². The summed E-state index contributed by atoms with van der Waals surface area (Å²) in [6, 6.07) is 8.06. The summed E-state index contributed by atoms with van der Waals surface area (Å²) in [7, 11) is 0. The fourth-order valence-corrected chi connectivity index (χ4v) is 3.01. The molecule has 2 heterocycles. The number of pyridine rings is 2. The molecule has 3 aromatic rings. The highest BCUT2D eigenvalue weighted by Gasteiger charge is 2.23. The van der Waals surface area contributed by atoms with Gasteiger partial charge in [0.05, 0.1) is 21.9 Å². The zero-order valence-electron chi connectivity index (χ0n) is 14.4. The fourth-order valence-electron chi connectivity index (χ4n) is 2.72. The molecule has 0 bridgehead atoms. The normalized spacial score (nSPS) is 10.7. The molecule has 2 aromatic heterocycles. The summed E-state index contributed by atoms with van der Waals surface area (Å²) >= 11 is 12.0. The molecule has 0 unspecified atom stereocenters. The number of ether oxygens (including phenoxy) is 1. The molecule has 0 fully saturated rings. The van der Waals surface area contributed by atoms with Gasteiger partial charge < -0.3 is 14.4 Å². The first kappa shape index (κ1) is 19.9. The van der Waals surface area contributed by atoms with Crippen molar-refractivity contribution in [3.05, 3.63) is 74.4 Å². The Labute approximate surface area is 168 Å². The predicted octanol–water partition coefficient (Wildman–Crippen LogP) is 4.87. The van der Waals surface area contributed by atoms with E-state index < -0.39 is 22.9 Å². The number of carboxylic acids is 1. The van der Waals surface area contributed by atoms with Crippen LogP contribution >= 0.6 is 23.2 Å². The summed E-state index contributed by atoms with van der Waals surface area (Å²) in [5.74, 6) is -1.81. The first-order valence-corrected chi connectivity index (χ1v) is 8.83. The average molecular weight is 423 g/mol. The van der Waals surface area contributed by atoms with Gasteiger partial charge in [-0.1, -0.05) is 29.3 Å². The van der Waals surface area contributed by atoms with Gasteiger partial charge in [-0.25, -0.2) is 9.78 Å². The maximum absolute atomic E-state index is 13.0. The van der Waals surface area contributed by atoms with Gasteiger partial charge in [-0.05, 0) is 31.2 Å². The van der Waals surface area contributed by atoms with E-state index in [9.17, 15) is 19.1 Å². The number of hydrogen-bond donors (Lipinski definition) is 1. The van der Waals surface area contributed by atoms with Gasteiger partial charge in [-0.15, -0.1) is 0 Å². The summed E-state index contributed by atoms with van der Waals surface area (Å²) in [4.78, 5) is 27.8. The summed E-state index contributed by atoms with van der Waals surface area (Å²) in [6.07, 6.45) is 1.16. The first-order chi connectivity index (χ1) is 13.3. The van der Waals surface area contributed by atoms with E-state index in [4.69, 9.17) is 27.9 Å². The Kier molecular flexibility index (Phi) is 5.67. The van der Waals surface area contributed by atoms with Gasteiger partial charge in [0.1, 0.15) is 11.3 Å². The molecule has 28 heavy (non-hydrogen) atoms. The van der Waals surface area contributed by atoms with Crippen LogP contribution in [0.1, 0.15) is 17.3 Å². The number of aromatic nitrogens is 2. The van der Waals surface area contributed by atoms with E-state index in [1.807, 2.05) is 0 Å². The van der Waals surface area contributed by atoms with Crippen molar-refractivity contribution in [1.82, 2.24) is 9.55 Å². The Balaban J connectivity index is 2.26. The molecule has 1 aromatic carbocycles. The predicted molar refractivity (Wildman–Crippen MR) is 103 cm³/mol. The quantitative estimate of drug-likeness (QED) is 0.593. The van der Waals surface area contributed by atoms with Crippen molar-refractivity contribution in [3.8, 4) is 22.9 Å². The molecule has 0 atom stereocenters. The molecule has 0 aliphatic rings. The third-order valence-corrected chi connectivity index (χ3v) is 4.66. The second-order valence-electron chi connectivity index (χ2n) is 5.67. The van der Waals surface area contributed by atoms with Crippen LogP contribution in [0.25, 0.3) is 11.3 Å². The minimum Gasteiger partial charge on any atom is -0.477 e. The molecule has 1 N–H and O–H groups in total. The highest BCUT2D eigenvalue weighted by Crippen LogP contribution is 2.33. The van der Waals surface area contributed by atoms with Crippen molar-refractivity contribution in [2.45, 2.75) is 13.5 Å². The standard InChI is InChI=1S/C19H13Cl2FN2O4/c1-2-24-16(28-11-4-6-15(22)23-9-11)8-14(25)17(19(26)27)18(24)10-3-5-12(20)13(21)7-10/h3-9H,2H2,1H3,(H,26,27). The minimum absolute atomic E-state index is 0.0759. The Morgan fingerprint density at radius 1 is 1.21 bits per heavy atom. The SMILES string of the molecule is CCn1c(Oc2ccc(F)nc2)cc(=O)c(C(=O)O)c1-c1ccc(Cl)c(Cl)c1. The monoisotopic (exact) mass is 422 g/mol. The highest BCUT2D eigenvalue weighted by molar-refractivity contribution is 6.42. The van der Waals surface area contributed by atoms with E-state index in [-0.39, 0.29) is 33.9 Å². The van der Waals surface area contributed by atoms with Crippen molar-refractivity contribution >= 4 is 29.2 Å². The lowest BCUT2D eigenvalue weighted by Gasteiger charge is -2.19. The number of aromatic carboxylic acids is 1. The Hall–Kier alpha value is -2.90. The largest absolute Gasteiger partial charge is 0.477 e. The van der Waals surface area contributed by atoms with Gasteiger partial charge in [0.25, 0.3) is 0 Å². The van der Waals surface area contributed by atoms with Crippen molar-refractivity contribution in [2.24, 2.45) is 0 Å². The molecule has 0 radical (unpaired) electrons. The van der Waals surface area contributed by atoms with Gasteiger partial charge in [-0.2, -0.15) is 4.39 Å². The number of benzene rings is 1. The van der Waals surface area contributed by atoms with Crippen LogP contribution in [0.2, 0.25) is 10.0 Å². The van der Waals surface area contributed by atoms with Crippen LogP contribution in [0.15, 0.2) is 47.4 Å². The van der Waals surface area contributed by atoms with Gasteiger partial charge >= 0.3 is 5.97 Å². The molecule has 0 aliphatic carbocycles. The smallest absolute Gasteiger partial charge is 0.341 e. The highest BCUT2D eigenvalue weighted by atomic mass is 35.5. The van der Waals surface area contributed by atoms with Crippen molar-refractivity contribution < 1.29 is 19.0 Å². The van der Waals surface area contributed by atoms with Crippen molar-refractivity contribution in [2.75, 3.05) is 0 Å². The third-order valence-electron chi connectivity index (χ3n) is 3.92. The molecule has 0 saturated heterocycles. The second-order valence-corrected chi connectivity index (χ2v) is 6.48. The third kappa shape index (κ3) is 3.85. The van der Waals surface area contributed by atoms with Gasteiger partial charge in [0, 0.05) is 18.2 Å². The second kappa shape index (κ2) is 8.00. The van der Waals surface area contributed by atoms with Crippen LogP contribution in [0.3, 0.4) is 0 Å². The molecule has 0 saturated carbocycles. The maximum atomic E-state index is 13.0. The number of hydrogen-bond acceptors (Lipinski definition) is 4. The molecular formula is C19H13Cl2FN2O4. The van der Waals surface area contributed by atoms with Crippen LogP contribution in [-0.2, 0) is 6.54 Å². The average Bonchev–Trinajstić information content (AvgIpc) is 2.65. The number of halogens is 3. The molecule has 0 aliphatic heterocycles. The molecule has 0 spiro atoms. The van der Waals surface area contributed by atoms with E-state index in [2.05, 4.69) is 4.98 Å². The molecule has 9 heteroatoms. The van der Waals surface area contributed by atoms with Gasteiger partial charge in [0.2, 0.25) is 17.3 Å². The minimum atomic E-state index is -1.39. The van der Waals surface area contributed by atoms with Crippen LogP contribution in [-0.4, -0.2) is 20.6 Å². The summed E-state index contributed by atoms with van der Waals surface area (Å²) in [5, 5.41) is 10.1. The lowest BCUT2D eigenvalue weighted by atomic mass is 10.0. The fraction of sp³-hybridized carbons (Fsp3) is 0.105. The Morgan fingerprint density at radius 2 is 1.96 bits per heavy atom. The van der Waals surface area contributed by atoms with E-state index in [1.165, 1.54) is 22.8 Å². The van der Waals surface area contributed by atoms with Gasteiger partial charge in [0.15, 0.2) is 0 Å². The topological polar surface area (TPSA) is 81.4 Å². The Morgan fingerprint density at radius 3 is 2.54 bits per heavy atom. The van der Waals surface area contributed by atoms with Crippen molar-refractivity contribution in [3.63, 3.8) is 0 Å². The number of carboxylic acid groups (broad SMARTS) is 1. The van der Waals surface area contributed by atoms with E-state index in [1.54, 1.807) is 13.0 Å². The number of nitrogens with zero attached hydrogens (tertiary/aromatic N) is 2. The van der Waals surface area contributed by atoms with Crippen LogP contribution in [0, 0.1) is 5.95 Å². The zero-order valence-corrected chi connectivity index (χ0v) is 16.0. The van der Waals surface area contributed by atoms with Crippen molar-refractivity contribution in [1.29, 1.82) is 0 Å². The maximum Gasteiger partial charge on any atom is 0.341 e. The molecule has 144 valence electrons. The molecular weight excluding hydrogens is 410 g/mol. The van der Waals surface area contributed by atoms with Crippen LogP contribution in [0.4, 0.5) is 4.39 Å². The number of carbonyl (C=O) groups is 1. The van der Waals surface area contributed by atoms with Crippen LogP contribution in [0.5, 0.6) is 11.6 Å². The zero-order chi connectivity index (χ0) is 20.4.